The van der Waals surface area contributed by atoms with E-state index < -0.39 is 11.4 Å². The van der Waals surface area contributed by atoms with Crippen molar-refractivity contribution >= 4 is 29.2 Å². The minimum absolute atomic E-state index is 0.0358. The van der Waals surface area contributed by atoms with Gasteiger partial charge in [0, 0.05) is 44.4 Å². The monoisotopic (exact) mass is 463 g/mol. The number of nitrogens with two attached hydrogens (primary N) is 1. The van der Waals surface area contributed by atoms with E-state index in [1.54, 1.807) is 10.9 Å². The van der Waals surface area contributed by atoms with Gasteiger partial charge < -0.3 is 16.4 Å². The molecule has 2 fully saturated rings. The molecule has 178 valence electrons. The van der Waals surface area contributed by atoms with Crippen LogP contribution in [0.3, 0.4) is 0 Å². The van der Waals surface area contributed by atoms with Crippen LogP contribution in [-0.2, 0) is 21.7 Å². The van der Waals surface area contributed by atoms with E-state index in [1.165, 1.54) is 6.92 Å². The number of rotatable bonds is 8. The Morgan fingerprint density at radius 1 is 1.24 bits per heavy atom. The molecule has 0 atom stereocenters. The second kappa shape index (κ2) is 9.65. The lowest BCUT2D eigenvalue weighted by Crippen LogP contribution is -2.46. The van der Waals surface area contributed by atoms with Crippen molar-refractivity contribution in [1.29, 1.82) is 5.26 Å². The van der Waals surface area contributed by atoms with Gasteiger partial charge in [-0.2, -0.15) is 10.4 Å². The Morgan fingerprint density at radius 2 is 1.97 bits per heavy atom. The van der Waals surface area contributed by atoms with Gasteiger partial charge in [0.05, 0.1) is 18.0 Å². The molecule has 4 N–H and O–H groups in total. The number of likely N-dealkylation sites (tertiary alicyclic amines) is 1. The summed E-state index contributed by atoms with van der Waals surface area (Å²) in [5, 5.41) is 19.6. The second-order valence-electron chi connectivity index (χ2n) is 9.18. The van der Waals surface area contributed by atoms with E-state index in [0.29, 0.717) is 19.4 Å². The van der Waals surface area contributed by atoms with Crippen LogP contribution >= 0.6 is 0 Å². The molecular weight excluding hydrogens is 434 g/mol. The molecule has 2 aliphatic rings. The van der Waals surface area contributed by atoms with E-state index in [-0.39, 0.29) is 35.5 Å². The van der Waals surface area contributed by atoms with Gasteiger partial charge in [-0.15, -0.1) is 0 Å². The zero-order valence-electron chi connectivity index (χ0n) is 19.2. The number of piperidine rings is 1. The number of anilines is 2. The highest BCUT2D eigenvalue weighted by Crippen LogP contribution is 2.36. The van der Waals surface area contributed by atoms with Crippen LogP contribution in [0.1, 0.15) is 54.9 Å². The molecule has 0 radical (unpaired) electrons. The largest absolute Gasteiger partial charge is 0.365 e. The van der Waals surface area contributed by atoms with Gasteiger partial charge in [0.15, 0.2) is 5.82 Å². The molecule has 2 aromatic rings. The first-order chi connectivity index (χ1) is 16.3. The van der Waals surface area contributed by atoms with E-state index >= 15 is 0 Å². The van der Waals surface area contributed by atoms with Crippen LogP contribution < -0.4 is 16.4 Å². The van der Waals surface area contributed by atoms with Gasteiger partial charge in [-0.25, -0.2) is 0 Å². The Hall–Kier alpha value is -3.71. The molecule has 1 saturated carbocycles. The predicted octanol–water partition coefficient (Wildman–Crippen LogP) is 2.19. The van der Waals surface area contributed by atoms with Crippen molar-refractivity contribution in [3.8, 4) is 6.07 Å². The summed E-state index contributed by atoms with van der Waals surface area (Å²) in [7, 11) is 0. The molecule has 4 rings (SSSR count). The number of aromatic nitrogens is 2. The summed E-state index contributed by atoms with van der Waals surface area (Å²) < 4.78 is 1.66. The van der Waals surface area contributed by atoms with Crippen LogP contribution in [0.2, 0.25) is 0 Å². The number of benzene rings is 1. The third-order valence-corrected chi connectivity index (χ3v) is 6.50. The second-order valence-corrected chi connectivity index (χ2v) is 9.18. The number of nitrogens with one attached hydrogen (secondary N) is 2. The van der Waals surface area contributed by atoms with Crippen molar-refractivity contribution in [2.75, 3.05) is 23.7 Å². The Morgan fingerprint density at radius 3 is 2.59 bits per heavy atom. The van der Waals surface area contributed by atoms with E-state index in [2.05, 4.69) is 26.7 Å². The molecule has 0 unspecified atom stereocenters. The molecule has 1 aromatic heterocycles. The number of hydrogen-bond donors (Lipinski definition) is 3. The number of amides is 3. The maximum Gasteiger partial charge on any atom is 0.254 e. The van der Waals surface area contributed by atoms with E-state index in [9.17, 15) is 19.6 Å². The van der Waals surface area contributed by atoms with Gasteiger partial charge in [-0.1, -0.05) is 12.1 Å². The summed E-state index contributed by atoms with van der Waals surface area (Å²) in [6.07, 6.45) is 4.77. The first kappa shape index (κ1) is 23.4. The lowest BCUT2D eigenvalue weighted by atomic mass is 9.84. The van der Waals surface area contributed by atoms with Crippen LogP contribution in [0, 0.1) is 17.2 Å². The molecule has 0 spiro atoms. The summed E-state index contributed by atoms with van der Waals surface area (Å²) in [6, 6.07) is 10.0. The van der Waals surface area contributed by atoms with Crippen LogP contribution in [0.5, 0.6) is 0 Å². The molecule has 1 aromatic carbocycles. The maximum atomic E-state index is 12.2. The van der Waals surface area contributed by atoms with Crippen molar-refractivity contribution in [3.05, 3.63) is 41.6 Å². The van der Waals surface area contributed by atoms with Gasteiger partial charge in [0.2, 0.25) is 11.8 Å². The average molecular weight is 464 g/mol. The van der Waals surface area contributed by atoms with Gasteiger partial charge in [0.25, 0.3) is 5.91 Å². The minimum Gasteiger partial charge on any atom is -0.365 e. The SMILES string of the molecule is CC(=O)Nc1cccc(CN2CCC(CC#N)(n3cc(C(N)=O)c(NC(=O)C4CC4)n3)CC2)c1. The summed E-state index contributed by atoms with van der Waals surface area (Å²) in [4.78, 5) is 37.9. The highest BCUT2D eigenvalue weighted by atomic mass is 16.2. The first-order valence-electron chi connectivity index (χ1n) is 11.5. The maximum absolute atomic E-state index is 12.2. The number of nitriles is 1. The normalized spacial score (nSPS) is 17.5. The molecule has 2 heterocycles. The number of nitrogens with zero attached hydrogens (tertiary/aromatic N) is 4. The van der Waals surface area contributed by atoms with Gasteiger partial charge in [-0.3, -0.25) is 24.0 Å². The third-order valence-electron chi connectivity index (χ3n) is 6.50. The van der Waals surface area contributed by atoms with Crippen molar-refractivity contribution in [2.45, 2.75) is 51.1 Å². The van der Waals surface area contributed by atoms with Crippen molar-refractivity contribution < 1.29 is 14.4 Å². The van der Waals surface area contributed by atoms with Crippen LogP contribution in [-0.4, -0.2) is 45.5 Å². The minimum atomic E-state index is -0.666. The number of carbonyl (C=O) groups is 3. The summed E-state index contributed by atoms with van der Waals surface area (Å²) in [5.74, 6) is -0.803. The third kappa shape index (κ3) is 5.26. The Balaban J connectivity index is 1.49. The smallest absolute Gasteiger partial charge is 0.254 e. The zero-order chi connectivity index (χ0) is 24.3. The molecule has 1 saturated heterocycles. The fraction of sp³-hybridized carbons (Fsp3) is 0.458. The molecule has 10 nitrogen and oxygen atoms in total. The fourth-order valence-electron chi connectivity index (χ4n) is 4.42. The van der Waals surface area contributed by atoms with E-state index in [0.717, 1.165) is 37.2 Å². The lowest BCUT2D eigenvalue weighted by molar-refractivity contribution is -0.117. The van der Waals surface area contributed by atoms with E-state index in [4.69, 9.17) is 5.73 Å². The van der Waals surface area contributed by atoms with E-state index in [1.807, 2.05) is 24.3 Å². The van der Waals surface area contributed by atoms with Crippen LogP contribution in [0.25, 0.3) is 0 Å². The molecule has 1 aliphatic carbocycles. The quantitative estimate of drug-likeness (QED) is 0.547. The average Bonchev–Trinajstić information content (AvgIpc) is 3.55. The van der Waals surface area contributed by atoms with Gasteiger partial charge in [-0.05, 0) is 43.4 Å². The molecule has 34 heavy (non-hydrogen) atoms. The Labute approximate surface area is 198 Å². The fourth-order valence-corrected chi connectivity index (χ4v) is 4.42. The van der Waals surface area contributed by atoms with Crippen LogP contribution in [0.4, 0.5) is 11.5 Å². The van der Waals surface area contributed by atoms with Crippen molar-refractivity contribution in [3.63, 3.8) is 0 Å². The molecule has 10 heteroatoms. The predicted molar refractivity (Wildman–Crippen MR) is 126 cm³/mol. The molecule has 1 aliphatic heterocycles. The number of primary amides is 1. The topological polar surface area (TPSA) is 146 Å². The van der Waals surface area contributed by atoms with Crippen molar-refractivity contribution in [2.24, 2.45) is 11.7 Å². The molecule has 0 bridgehead atoms. The molecular formula is C24H29N7O3. The zero-order valence-corrected chi connectivity index (χ0v) is 19.2. The standard InChI is InChI=1S/C24H29N7O3/c1-16(32)27-19-4-2-3-17(13-19)14-30-11-8-24(7-10-25,9-12-30)31-15-20(21(26)33)22(29-31)28-23(34)18-5-6-18/h2-4,13,15,18H,5-9,11-12,14H2,1H3,(H2,26,33)(H,27,32)(H,28,29,34). The van der Waals surface area contributed by atoms with Gasteiger partial charge >= 0.3 is 0 Å². The summed E-state index contributed by atoms with van der Waals surface area (Å²) in [5.41, 5.74) is 6.96. The Kier molecular flexibility index (Phi) is 6.65. The molecule has 3 amide bonds. The highest BCUT2D eigenvalue weighted by Gasteiger charge is 2.39. The van der Waals surface area contributed by atoms with Gasteiger partial charge in [0.1, 0.15) is 5.56 Å². The Bertz CT molecular complexity index is 1140. The highest BCUT2D eigenvalue weighted by molar-refractivity contribution is 6.02. The summed E-state index contributed by atoms with van der Waals surface area (Å²) in [6.45, 7) is 3.64. The first-order valence-corrected chi connectivity index (χ1v) is 11.5. The lowest BCUT2D eigenvalue weighted by Gasteiger charge is -2.40. The number of carbonyl (C=O) groups excluding carboxylic acids is 3. The van der Waals surface area contributed by atoms with Crippen molar-refractivity contribution in [1.82, 2.24) is 14.7 Å². The summed E-state index contributed by atoms with van der Waals surface area (Å²) >= 11 is 0. The van der Waals surface area contributed by atoms with Crippen LogP contribution in [0.15, 0.2) is 30.5 Å². The number of hydrogen-bond acceptors (Lipinski definition) is 6.